The van der Waals surface area contributed by atoms with Crippen LogP contribution < -0.4 is 4.74 Å². The van der Waals surface area contributed by atoms with Crippen molar-refractivity contribution in [3.63, 3.8) is 0 Å². The van der Waals surface area contributed by atoms with Gasteiger partial charge in [-0.1, -0.05) is 12.2 Å². The first-order valence-corrected chi connectivity index (χ1v) is 3.94. The molecule has 0 atom stereocenters. The van der Waals surface area contributed by atoms with Crippen molar-refractivity contribution in [3.8, 4) is 11.8 Å². The van der Waals surface area contributed by atoms with Crippen LogP contribution in [-0.4, -0.2) is 0 Å². The number of rotatable bonds is 0. The lowest BCUT2D eigenvalue weighted by molar-refractivity contribution is 0.481. The molecule has 0 spiro atoms. The number of hydrogen-bond acceptors (Lipinski definition) is 2. The summed E-state index contributed by atoms with van der Waals surface area (Å²) >= 11 is 0. The molecule has 1 aliphatic rings. The molecule has 15 heavy (non-hydrogen) atoms. The highest BCUT2D eigenvalue weighted by atomic mass is 35.5. The Morgan fingerprint density at radius 3 is 2.67 bits per heavy atom. The molecular formula is C11H9Cl2NO. The van der Waals surface area contributed by atoms with Crippen molar-refractivity contribution in [1.29, 1.82) is 5.26 Å². The van der Waals surface area contributed by atoms with Crippen molar-refractivity contribution >= 4 is 30.9 Å². The SMILES string of the molecule is Cl.Cl.N#Cc1ccc2c(c1)C=CC=CO2. The molecule has 0 amide bonds. The predicted octanol–water partition coefficient (Wildman–Crippen LogP) is 3.32. The first kappa shape index (κ1) is 13.6. The summed E-state index contributed by atoms with van der Waals surface area (Å²) in [6.07, 6.45) is 7.23. The number of hydrogen-bond donors (Lipinski definition) is 0. The largest absolute Gasteiger partial charge is 0.464 e. The lowest BCUT2D eigenvalue weighted by Crippen LogP contribution is -1.85. The topological polar surface area (TPSA) is 33.0 Å². The predicted molar refractivity (Wildman–Crippen MR) is 64.5 cm³/mol. The van der Waals surface area contributed by atoms with Crippen molar-refractivity contribution in [2.75, 3.05) is 0 Å². The maximum absolute atomic E-state index is 8.68. The van der Waals surface area contributed by atoms with Crippen LogP contribution in [-0.2, 0) is 0 Å². The Hall–Kier alpha value is -1.43. The molecule has 1 aliphatic heterocycles. The van der Waals surface area contributed by atoms with Gasteiger partial charge in [0.2, 0.25) is 0 Å². The highest BCUT2D eigenvalue weighted by molar-refractivity contribution is 5.85. The molecule has 0 bridgehead atoms. The Morgan fingerprint density at radius 2 is 1.93 bits per heavy atom. The molecule has 0 radical (unpaired) electrons. The van der Waals surface area contributed by atoms with Gasteiger partial charge in [0, 0.05) is 5.56 Å². The van der Waals surface area contributed by atoms with Crippen LogP contribution in [0.4, 0.5) is 0 Å². The lowest BCUT2D eigenvalue weighted by atomic mass is 10.1. The maximum Gasteiger partial charge on any atom is 0.133 e. The van der Waals surface area contributed by atoms with Crippen molar-refractivity contribution in [1.82, 2.24) is 0 Å². The van der Waals surface area contributed by atoms with Crippen molar-refractivity contribution in [3.05, 3.63) is 47.7 Å². The molecule has 1 aromatic rings. The fourth-order valence-corrected chi connectivity index (χ4v) is 1.17. The van der Waals surface area contributed by atoms with E-state index < -0.39 is 0 Å². The van der Waals surface area contributed by atoms with Crippen LogP contribution in [0.2, 0.25) is 0 Å². The Kier molecular flexibility index (Phi) is 5.54. The smallest absolute Gasteiger partial charge is 0.133 e. The number of nitrogens with zero attached hydrogens (tertiary/aromatic N) is 1. The number of benzene rings is 1. The zero-order valence-corrected chi connectivity index (χ0v) is 9.35. The quantitative estimate of drug-likeness (QED) is 0.699. The molecule has 0 saturated heterocycles. The summed E-state index contributed by atoms with van der Waals surface area (Å²) in [5.74, 6) is 0.781. The summed E-state index contributed by atoms with van der Waals surface area (Å²) in [5.41, 5.74) is 1.58. The molecule has 0 fully saturated rings. The zero-order chi connectivity index (χ0) is 9.10. The van der Waals surface area contributed by atoms with E-state index in [1.165, 1.54) is 0 Å². The second kappa shape index (κ2) is 6.13. The van der Waals surface area contributed by atoms with Crippen LogP contribution in [0.1, 0.15) is 11.1 Å². The third-order valence-corrected chi connectivity index (χ3v) is 1.80. The normalized spacial score (nSPS) is 10.9. The van der Waals surface area contributed by atoms with E-state index in [0.717, 1.165) is 11.3 Å². The Morgan fingerprint density at radius 1 is 1.13 bits per heavy atom. The number of nitriles is 1. The van der Waals surface area contributed by atoms with Crippen molar-refractivity contribution in [2.24, 2.45) is 0 Å². The number of ether oxygens (including phenoxy) is 1. The Bertz CT molecular complexity index is 433. The van der Waals surface area contributed by atoms with E-state index in [2.05, 4.69) is 6.07 Å². The van der Waals surface area contributed by atoms with Gasteiger partial charge < -0.3 is 4.74 Å². The van der Waals surface area contributed by atoms with Crippen LogP contribution in [0, 0.1) is 11.3 Å². The summed E-state index contributed by atoms with van der Waals surface area (Å²) in [6.45, 7) is 0. The van der Waals surface area contributed by atoms with Gasteiger partial charge in [0.15, 0.2) is 0 Å². The van der Waals surface area contributed by atoms with Crippen molar-refractivity contribution < 1.29 is 4.74 Å². The first-order valence-electron chi connectivity index (χ1n) is 3.94. The van der Waals surface area contributed by atoms with Crippen LogP contribution in [0.25, 0.3) is 6.08 Å². The molecule has 4 heteroatoms. The van der Waals surface area contributed by atoms with Gasteiger partial charge in [0.05, 0.1) is 17.9 Å². The molecule has 78 valence electrons. The van der Waals surface area contributed by atoms with E-state index in [4.69, 9.17) is 10.00 Å². The van der Waals surface area contributed by atoms with E-state index >= 15 is 0 Å². The minimum Gasteiger partial charge on any atom is -0.464 e. The molecule has 0 aliphatic carbocycles. The van der Waals surface area contributed by atoms with E-state index in [-0.39, 0.29) is 24.8 Å². The lowest BCUT2D eigenvalue weighted by Gasteiger charge is -2.02. The second-order valence-electron chi connectivity index (χ2n) is 2.67. The second-order valence-corrected chi connectivity index (χ2v) is 2.67. The third-order valence-electron chi connectivity index (χ3n) is 1.80. The fraction of sp³-hybridized carbons (Fsp3) is 0. The fourth-order valence-electron chi connectivity index (χ4n) is 1.17. The highest BCUT2D eigenvalue weighted by Gasteiger charge is 2.02. The zero-order valence-electron chi connectivity index (χ0n) is 7.71. The summed E-state index contributed by atoms with van der Waals surface area (Å²) < 4.78 is 5.30. The van der Waals surface area contributed by atoms with Gasteiger partial charge in [-0.2, -0.15) is 5.26 Å². The monoisotopic (exact) mass is 241 g/mol. The van der Waals surface area contributed by atoms with Gasteiger partial charge in [-0.25, -0.2) is 0 Å². The number of fused-ring (bicyclic) bond motifs is 1. The van der Waals surface area contributed by atoms with Gasteiger partial charge in [-0.05, 0) is 24.3 Å². The van der Waals surface area contributed by atoms with E-state index in [0.29, 0.717) is 5.56 Å². The standard InChI is InChI=1S/C11H7NO.2ClH/c12-8-9-4-5-11-10(7-9)3-1-2-6-13-11;;/h1-7H;2*1H. The number of allylic oxidation sites excluding steroid dienone is 2. The van der Waals surface area contributed by atoms with Gasteiger partial charge >= 0.3 is 0 Å². The van der Waals surface area contributed by atoms with E-state index in [1.807, 2.05) is 18.2 Å². The molecule has 1 heterocycles. The summed E-state index contributed by atoms with van der Waals surface area (Å²) in [4.78, 5) is 0. The first-order chi connectivity index (χ1) is 6.40. The van der Waals surface area contributed by atoms with E-state index in [1.54, 1.807) is 24.5 Å². The molecular weight excluding hydrogens is 233 g/mol. The van der Waals surface area contributed by atoms with E-state index in [9.17, 15) is 0 Å². The van der Waals surface area contributed by atoms with Crippen molar-refractivity contribution in [2.45, 2.75) is 0 Å². The van der Waals surface area contributed by atoms with Gasteiger partial charge in [-0.3, -0.25) is 0 Å². The average molecular weight is 242 g/mol. The summed E-state index contributed by atoms with van der Waals surface area (Å²) in [6, 6.07) is 7.43. The van der Waals surface area contributed by atoms with Gasteiger partial charge in [-0.15, -0.1) is 24.8 Å². The minimum atomic E-state index is 0. The molecule has 2 rings (SSSR count). The summed E-state index contributed by atoms with van der Waals surface area (Å²) in [5, 5.41) is 8.68. The van der Waals surface area contributed by atoms with Crippen LogP contribution >= 0.6 is 24.8 Å². The molecule has 0 N–H and O–H groups in total. The van der Waals surface area contributed by atoms with Gasteiger partial charge in [0.25, 0.3) is 0 Å². The minimum absolute atomic E-state index is 0. The van der Waals surface area contributed by atoms with Crippen LogP contribution in [0.3, 0.4) is 0 Å². The molecule has 0 aromatic heterocycles. The molecule has 0 unspecified atom stereocenters. The molecule has 2 nitrogen and oxygen atoms in total. The molecule has 1 aromatic carbocycles. The number of halogens is 2. The van der Waals surface area contributed by atoms with Gasteiger partial charge in [0.1, 0.15) is 5.75 Å². The van der Waals surface area contributed by atoms with Crippen LogP contribution in [0.15, 0.2) is 36.6 Å². The molecule has 0 saturated carbocycles. The summed E-state index contributed by atoms with van der Waals surface area (Å²) in [7, 11) is 0. The van der Waals surface area contributed by atoms with Crippen LogP contribution in [0.5, 0.6) is 5.75 Å². The highest BCUT2D eigenvalue weighted by Crippen LogP contribution is 2.23. The Balaban J connectivity index is 0.000000980. The average Bonchev–Trinajstić information content (AvgIpc) is 2.41. The maximum atomic E-state index is 8.68. The third kappa shape index (κ3) is 3.02. The Labute approximate surface area is 101 Å².